The Morgan fingerprint density at radius 1 is 1.14 bits per heavy atom. The molecule has 0 radical (unpaired) electrons. The minimum atomic E-state index is -4.02. The van der Waals surface area contributed by atoms with Gasteiger partial charge in [-0.1, -0.05) is 44.2 Å². The van der Waals surface area contributed by atoms with Crippen LogP contribution in [0.5, 0.6) is 5.75 Å². The first-order valence-corrected chi connectivity index (χ1v) is 15.9. The van der Waals surface area contributed by atoms with Crippen LogP contribution in [0.25, 0.3) is 0 Å². The zero-order valence-corrected chi connectivity index (χ0v) is 24.7. The molecule has 11 nitrogen and oxygen atoms in total. The highest BCUT2D eigenvalue weighted by atomic mass is 32.2. The van der Waals surface area contributed by atoms with Crippen LogP contribution < -0.4 is 10.1 Å². The number of benzene rings is 2. The fourth-order valence-electron chi connectivity index (χ4n) is 5.74. The standard InChI is InChI=1S/C30H40N2O9S/c1-19(2)15-32(42(36,37)23-8-9-27-21(14-23)13-22(17-33)40-27)16-26(34)25(12-20-6-4-3-5-7-20)31-30(35)41-28-18-39-29-24(28)10-11-38-29/h3-9,14,19,22,24-26,28-29,33-34H,10-13,15-18H2,1-2H3,(H,31,35)/t22?,24-,25-,26+,28?,29+/m0/s1. The van der Waals surface area contributed by atoms with E-state index >= 15 is 0 Å². The lowest BCUT2D eigenvalue weighted by atomic mass is 10.0. The van der Waals surface area contributed by atoms with Crippen molar-refractivity contribution in [2.75, 3.05) is 32.9 Å². The second-order valence-corrected chi connectivity index (χ2v) is 13.5. The molecule has 3 aliphatic rings. The molecule has 2 aromatic rings. The van der Waals surface area contributed by atoms with Crippen LogP contribution in [0.1, 0.15) is 31.4 Å². The Morgan fingerprint density at radius 2 is 1.93 bits per heavy atom. The molecule has 2 unspecified atom stereocenters. The number of hydrogen-bond donors (Lipinski definition) is 3. The van der Waals surface area contributed by atoms with Crippen molar-refractivity contribution >= 4 is 16.1 Å². The number of nitrogens with one attached hydrogen (secondary N) is 1. The number of hydrogen-bond acceptors (Lipinski definition) is 9. The zero-order chi connectivity index (χ0) is 29.9. The molecule has 12 heteroatoms. The number of ether oxygens (including phenoxy) is 4. The van der Waals surface area contributed by atoms with Crippen molar-refractivity contribution in [3.8, 4) is 5.75 Å². The molecule has 1 amide bonds. The van der Waals surface area contributed by atoms with Crippen LogP contribution in [0, 0.1) is 11.8 Å². The van der Waals surface area contributed by atoms with Gasteiger partial charge >= 0.3 is 6.09 Å². The Balaban J connectivity index is 1.33. The molecular formula is C30H40N2O9S. The van der Waals surface area contributed by atoms with Gasteiger partial charge in [-0.05, 0) is 48.1 Å². The number of sulfonamides is 1. The van der Waals surface area contributed by atoms with Gasteiger partial charge in [0.2, 0.25) is 10.0 Å². The van der Waals surface area contributed by atoms with Gasteiger partial charge in [0.1, 0.15) is 18.0 Å². The zero-order valence-electron chi connectivity index (χ0n) is 23.9. The molecule has 2 fully saturated rings. The van der Waals surface area contributed by atoms with Gasteiger partial charge in [0.15, 0.2) is 6.29 Å². The summed E-state index contributed by atoms with van der Waals surface area (Å²) in [5.74, 6) is 0.487. The van der Waals surface area contributed by atoms with Gasteiger partial charge in [-0.3, -0.25) is 0 Å². The average molecular weight is 605 g/mol. The summed E-state index contributed by atoms with van der Waals surface area (Å²) in [6.07, 6.45) is -1.77. The maximum absolute atomic E-state index is 13.9. The van der Waals surface area contributed by atoms with Crippen LogP contribution in [0.4, 0.5) is 4.79 Å². The topological polar surface area (TPSA) is 144 Å². The van der Waals surface area contributed by atoms with Crippen LogP contribution in [0.2, 0.25) is 0 Å². The van der Waals surface area contributed by atoms with Crippen molar-refractivity contribution in [3.63, 3.8) is 0 Å². The number of alkyl carbamates (subject to hydrolysis) is 1. The van der Waals surface area contributed by atoms with Gasteiger partial charge in [0.25, 0.3) is 0 Å². The second kappa shape index (κ2) is 13.3. The minimum absolute atomic E-state index is 0.0297. The number of carbonyl (C=O) groups is 1. The van der Waals surface area contributed by atoms with E-state index in [-0.39, 0.29) is 55.7 Å². The highest BCUT2D eigenvalue weighted by Gasteiger charge is 2.44. The van der Waals surface area contributed by atoms with Gasteiger partial charge in [0.05, 0.1) is 42.8 Å². The quantitative estimate of drug-likeness (QED) is 0.332. The Bertz CT molecular complexity index is 1320. The first-order valence-electron chi connectivity index (χ1n) is 14.5. The van der Waals surface area contributed by atoms with E-state index in [0.29, 0.717) is 24.3 Å². The lowest BCUT2D eigenvalue weighted by Gasteiger charge is -2.31. The predicted molar refractivity (Wildman–Crippen MR) is 152 cm³/mol. The minimum Gasteiger partial charge on any atom is -0.487 e. The van der Waals surface area contributed by atoms with Crippen molar-refractivity contribution in [2.45, 2.75) is 68.6 Å². The summed E-state index contributed by atoms with van der Waals surface area (Å²) in [5.41, 5.74) is 1.57. The third-order valence-corrected chi connectivity index (χ3v) is 9.71. The van der Waals surface area contributed by atoms with E-state index in [1.807, 2.05) is 44.2 Å². The van der Waals surface area contributed by atoms with Crippen molar-refractivity contribution < 1.29 is 42.4 Å². The van der Waals surface area contributed by atoms with Crippen molar-refractivity contribution in [2.24, 2.45) is 11.8 Å². The molecule has 230 valence electrons. The molecule has 3 heterocycles. The molecule has 0 saturated carbocycles. The molecular weight excluding hydrogens is 564 g/mol. The third kappa shape index (κ3) is 7.07. The van der Waals surface area contributed by atoms with E-state index in [9.17, 15) is 23.4 Å². The van der Waals surface area contributed by atoms with Crippen LogP contribution in [-0.2, 0) is 37.1 Å². The van der Waals surface area contributed by atoms with E-state index in [0.717, 1.165) is 12.0 Å². The average Bonchev–Trinajstić information content (AvgIpc) is 3.69. The summed E-state index contributed by atoms with van der Waals surface area (Å²) in [7, 11) is -4.02. The van der Waals surface area contributed by atoms with Gasteiger partial charge < -0.3 is 34.5 Å². The number of aliphatic hydroxyl groups excluding tert-OH is 2. The molecule has 0 bridgehead atoms. The van der Waals surface area contributed by atoms with Crippen molar-refractivity contribution in [1.82, 2.24) is 9.62 Å². The van der Waals surface area contributed by atoms with Crippen LogP contribution in [-0.4, -0.2) is 92.6 Å². The van der Waals surface area contributed by atoms with Crippen LogP contribution in [0.3, 0.4) is 0 Å². The van der Waals surface area contributed by atoms with E-state index in [4.69, 9.17) is 18.9 Å². The smallest absolute Gasteiger partial charge is 0.407 e. The number of amides is 1. The molecule has 3 aliphatic heterocycles. The molecule has 6 atom stereocenters. The summed E-state index contributed by atoms with van der Waals surface area (Å²) >= 11 is 0. The lowest BCUT2D eigenvalue weighted by Crippen LogP contribution is -2.51. The van der Waals surface area contributed by atoms with Crippen LogP contribution in [0.15, 0.2) is 53.4 Å². The largest absolute Gasteiger partial charge is 0.487 e. The molecule has 42 heavy (non-hydrogen) atoms. The van der Waals surface area contributed by atoms with E-state index in [2.05, 4.69) is 5.32 Å². The normalized spacial score (nSPS) is 24.7. The summed E-state index contributed by atoms with van der Waals surface area (Å²) < 4.78 is 51.4. The molecule has 2 aromatic carbocycles. The summed E-state index contributed by atoms with van der Waals surface area (Å²) in [6.45, 7) is 4.35. The first kappa shape index (κ1) is 30.7. The summed E-state index contributed by atoms with van der Waals surface area (Å²) in [5, 5.41) is 23.7. The van der Waals surface area contributed by atoms with E-state index in [1.165, 1.54) is 10.4 Å². The lowest BCUT2D eigenvalue weighted by molar-refractivity contribution is -0.0907. The highest BCUT2D eigenvalue weighted by molar-refractivity contribution is 7.89. The predicted octanol–water partition coefficient (Wildman–Crippen LogP) is 2.09. The van der Waals surface area contributed by atoms with Crippen LogP contribution >= 0.6 is 0 Å². The SMILES string of the molecule is CC(C)CN(C[C@@H](O)[C@H](Cc1ccccc1)NC(=O)OC1CO[C@H]2OCC[C@@H]12)S(=O)(=O)c1ccc2c(c1)CC(CO)O2. The summed E-state index contributed by atoms with van der Waals surface area (Å²) in [6, 6.07) is 13.2. The second-order valence-electron chi connectivity index (χ2n) is 11.6. The number of aliphatic hydroxyl groups is 2. The Labute approximate surface area is 246 Å². The van der Waals surface area contributed by atoms with Crippen molar-refractivity contribution in [1.29, 1.82) is 0 Å². The fourth-order valence-corrected chi connectivity index (χ4v) is 7.42. The van der Waals surface area contributed by atoms with Crippen molar-refractivity contribution in [3.05, 3.63) is 59.7 Å². The number of carbonyl (C=O) groups excluding carboxylic acids is 1. The Morgan fingerprint density at radius 3 is 2.67 bits per heavy atom. The monoisotopic (exact) mass is 604 g/mol. The molecule has 3 N–H and O–H groups in total. The number of fused-ring (bicyclic) bond motifs is 2. The van der Waals surface area contributed by atoms with Gasteiger partial charge in [0, 0.05) is 19.5 Å². The summed E-state index contributed by atoms with van der Waals surface area (Å²) in [4.78, 5) is 13.1. The van der Waals surface area contributed by atoms with Gasteiger partial charge in [-0.15, -0.1) is 0 Å². The Kier molecular flexibility index (Phi) is 9.70. The molecule has 0 aliphatic carbocycles. The molecule has 5 rings (SSSR count). The Hall–Kier alpha value is -2.74. The highest BCUT2D eigenvalue weighted by Crippen LogP contribution is 2.34. The van der Waals surface area contributed by atoms with Gasteiger partial charge in [-0.2, -0.15) is 4.31 Å². The maximum Gasteiger partial charge on any atom is 0.407 e. The van der Waals surface area contributed by atoms with E-state index < -0.39 is 40.5 Å². The van der Waals surface area contributed by atoms with Gasteiger partial charge in [-0.25, -0.2) is 13.2 Å². The maximum atomic E-state index is 13.9. The van der Waals surface area contributed by atoms with E-state index in [1.54, 1.807) is 12.1 Å². The molecule has 2 saturated heterocycles. The first-order chi connectivity index (χ1) is 20.1. The number of rotatable bonds is 12. The molecule has 0 spiro atoms. The fraction of sp³-hybridized carbons (Fsp3) is 0.567. The molecule has 0 aromatic heterocycles. The number of nitrogens with zero attached hydrogens (tertiary/aromatic N) is 1. The third-order valence-electron chi connectivity index (χ3n) is 7.88.